The van der Waals surface area contributed by atoms with Crippen LogP contribution in [0.3, 0.4) is 0 Å². The van der Waals surface area contributed by atoms with Gasteiger partial charge < -0.3 is 24.2 Å². The van der Waals surface area contributed by atoms with Crippen LogP contribution in [0.5, 0.6) is 0 Å². The van der Waals surface area contributed by atoms with E-state index in [1.165, 1.54) is 0 Å². The molecule has 5 heterocycles. The Balaban J connectivity index is 1.17. The summed E-state index contributed by atoms with van der Waals surface area (Å²) in [5.41, 5.74) is -0.990. The van der Waals surface area contributed by atoms with Crippen molar-refractivity contribution in [1.29, 1.82) is 5.26 Å². The maximum Gasteiger partial charge on any atom is 0.251 e. The van der Waals surface area contributed by atoms with Crippen LogP contribution in [0.25, 0.3) is 0 Å². The molecule has 230 valence electrons. The highest BCUT2D eigenvalue weighted by molar-refractivity contribution is 5.86. The summed E-state index contributed by atoms with van der Waals surface area (Å²) >= 11 is 0. The van der Waals surface area contributed by atoms with Crippen molar-refractivity contribution in [2.75, 3.05) is 105 Å². The third-order valence-corrected chi connectivity index (χ3v) is 9.86. The van der Waals surface area contributed by atoms with E-state index in [1.54, 1.807) is 4.90 Å². The monoisotopic (exact) mass is 580 g/mol. The lowest BCUT2D eigenvalue weighted by molar-refractivity contribution is -0.148. The minimum Gasteiger partial charge on any atom is -0.381 e. The molecule has 5 rings (SSSR count). The number of amides is 2. The van der Waals surface area contributed by atoms with Gasteiger partial charge in [-0.15, -0.1) is 0 Å². The molecule has 0 saturated carbocycles. The van der Waals surface area contributed by atoms with E-state index in [1.807, 2.05) is 4.90 Å². The van der Waals surface area contributed by atoms with Crippen LogP contribution in [0.1, 0.15) is 38.5 Å². The quantitative estimate of drug-likeness (QED) is 0.443. The van der Waals surface area contributed by atoms with E-state index >= 15 is 0 Å². The molecule has 5 fully saturated rings. The summed E-state index contributed by atoms with van der Waals surface area (Å²) in [6.07, 6.45) is 2.64. The van der Waals surface area contributed by atoms with Crippen molar-refractivity contribution in [2.24, 2.45) is 11.3 Å². The second-order valence-corrected chi connectivity index (χ2v) is 12.5. The maximum atomic E-state index is 13.8. The van der Waals surface area contributed by atoms with Gasteiger partial charge in [-0.25, -0.2) is 8.78 Å². The highest BCUT2D eigenvalue weighted by Crippen LogP contribution is 2.34. The molecule has 41 heavy (non-hydrogen) atoms. The van der Waals surface area contributed by atoms with Gasteiger partial charge in [0.25, 0.3) is 5.92 Å². The number of halogens is 2. The number of nitrogens with zero attached hydrogens (tertiary/aromatic N) is 6. The van der Waals surface area contributed by atoms with Crippen molar-refractivity contribution in [3.05, 3.63) is 0 Å². The highest BCUT2D eigenvalue weighted by atomic mass is 19.3. The Morgan fingerprint density at radius 2 is 1.39 bits per heavy atom. The molecule has 0 unspecified atom stereocenters. The molecule has 0 aromatic rings. The summed E-state index contributed by atoms with van der Waals surface area (Å²) in [6.45, 7) is 9.45. The minimum absolute atomic E-state index is 0.0696. The molecular weight excluding hydrogens is 534 g/mol. The van der Waals surface area contributed by atoms with Gasteiger partial charge in [0.1, 0.15) is 11.5 Å². The van der Waals surface area contributed by atoms with Crippen LogP contribution >= 0.6 is 0 Å². The average Bonchev–Trinajstić information content (AvgIpc) is 3.01. The molecule has 0 radical (unpaired) electrons. The summed E-state index contributed by atoms with van der Waals surface area (Å²) in [5.74, 6) is -2.27. The number of carbonyl (C=O) groups is 2. The highest BCUT2D eigenvalue weighted by Gasteiger charge is 2.46. The summed E-state index contributed by atoms with van der Waals surface area (Å²) in [6, 6.07) is 1.95. The Morgan fingerprint density at radius 1 is 0.780 bits per heavy atom. The second kappa shape index (κ2) is 13.6. The molecule has 0 aliphatic carbocycles. The third-order valence-electron chi connectivity index (χ3n) is 9.86. The Kier molecular flexibility index (Phi) is 10.1. The topological polar surface area (TPSA) is 92.6 Å². The van der Waals surface area contributed by atoms with E-state index in [0.717, 1.165) is 58.8 Å². The van der Waals surface area contributed by atoms with Crippen LogP contribution in [0.2, 0.25) is 0 Å². The maximum absolute atomic E-state index is 13.8. The molecule has 2 amide bonds. The van der Waals surface area contributed by atoms with Crippen molar-refractivity contribution in [3.8, 4) is 6.07 Å². The van der Waals surface area contributed by atoms with Crippen LogP contribution in [0.4, 0.5) is 8.78 Å². The number of hydrogen-bond donors (Lipinski definition) is 0. The molecular formula is C29H46F2N6O4. The second-order valence-electron chi connectivity index (χ2n) is 12.5. The molecule has 0 bridgehead atoms. The molecule has 5 aliphatic rings. The van der Waals surface area contributed by atoms with E-state index in [0.29, 0.717) is 64.7 Å². The van der Waals surface area contributed by atoms with E-state index < -0.39 is 17.4 Å². The lowest BCUT2D eigenvalue weighted by atomic mass is 9.78. The number of hydrogen-bond acceptors (Lipinski definition) is 8. The predicted molar refractivity (Wildman–Crippen MR) is 147 cm³/mol. The average molecular weight is 581 g/mol. The lowest BCUT2D eigenvalue weighted by Crippen LogP contribution is -2.62. The van der Waals surface area contributed by atoms with Gasteiger partial charge in [-0.1, -0.05) is 0 Å². The molecule has 0 aromatic heterocycles. The van der Waals surface area contributed by atoms with Crippen molar-refractivity contribution < 1.29 is 27.8 Å². The first-order chi connectivity index (χ1) is 19.8. The predicted octanol–water partition coefficient (Wildman–Crippen LogP) is 1.12. The summed E-state index contributed by atoms with van der Waals surface area (Å²) in [4.78, 5) is 37.5. The number of likely N-dealkylation sites (tertiary alicyclic amines) is 2. The Labute approximate surface area is 242 Å². The fraction of sp³-hybridized carbons (Fsp3) is 0.897. The number of carbonyl (C=O) groups excluding carboxylic acids is 2. The summed E-state index contributed by atoms with van der Waals surface area (Å²) in [7, 11) is 0. The van der Waals surface area contributed by atoms with E-state index in [9.17, 15) is 23.6 Å². The van der Waals surface area contributed by atoms with Crippen molar-refractivity contribution in [1.82, 2.24) is 24.5 Å². The molecule has 12 heteroatoms. The van der Waals surface area contributed by atoms with Gasteiger partial charge in [0, 0.05) is 105 Å². The standard InChI is InChI=1S/C29H46F2N6O4/c30-29(31)5-9-36(10-6-29)26(38)25(22-34-15-19-41-20-16-34)35-11-13-37(14-12-35)27(39)28(23-32)3-7-33(8-4-28)21-24-1-17-40-18-2-24/h24-25H,1-22H2/t25-/m0/s1. The van der Waals surface area contributed by atoms with Crippen LogP contribution in [0.15, 0.2) is 0 Å². The number of piperazine rings is 1. The van der Waals surface area contributed by atoms with Gasteiger partial charge in [-0.3, -0.25) is 19.4 Å². The zero-order valence-electron chi connectivity index (χ0n) is 24.3. The molecule has 10 nitrogen and oxygen atoms in total. The Bertz CT molecular complexity index is 926. The van der Waals surface area contributed by atoms with E-state index in [4.69, 9.17) is 9.47 Å². The number of alkyl halides is 2. The molecule has 0 spiro atoms. The number of piperidine rings is 2. The van der Waals surface area contributed by atoms with Crippen LogP contribution in [-0.4, -0.2) is 153 Å². The van der Waals surface area contributed by atoms with Gasteiger partial charge in [-0.2, -0.15) is 5.26 Å². The number of morpholine rings is 1. The van der Waals surface area contributed by atoms with E-state index in [2.05, 4.69) is 20.8 Å². The fourth-order valence-corrected chi connectivity index (χ4v) is 6.97. The first-order valence-electron chi connectivity index (χ1n) is 15.5. The number of ether oxygens (including phenoxy) is 2. The molecule has 5 saturated heterocycles. The first-order valence-corrected chi connectivity index (χ1v) is 15.5. The normalized spacial score (nSPS) is 27.7. The first kappa shape index (κ1) is 30.5. The smallest absolute Gasteiger partial charge is 0.251 e. The third kappa shape index (κ3) is 7.54. The molecule has 0 aromatic carbocycles. The van der Waals surface area contributed by atoms with Crippen LogP contribution in [0, 0.1) is 22.7 Å². The Hall–Kier alpha value is -1.91. The SMILES string of the molecule is N#CC1(C(=O)N2CCN([C@@H](CN3CCOCC3)C(=O)N3CCC(F)(F)CC3)CC2)CCN(CC2CCOCC2)CC1. The molecule has 1 atom stereocenters. The Morgan fingerprint density at radius 3 is 2.00 bits per heavy atom. The van der Waals surface area contributed by atoms with Gasteiger partial charge in [0.15, 0.2) is 0 Å². The minimum atomic E-state index is -2.71. The zero-order chi connectivity index (χ0) is 28.9. The molecule has 5 aliphatic heterocycles. The lowest BCUT2D eigenvalue weighted by Gasteiger charge is -2.45. The largest absolute Gasteiger partial charge is 0.381 e. The van der Waals surface area contributed by atoms with Gasteiger partial charge >= 0.3 is 0 Å². The summed E-state index contributed by atoms with van der Waals surface area (Å²) in [5, 5.41) is 10.2. The summed E-state index contributed by atoms with van der Waals surface area (Å²) < 4.78 is 38.5. The van der Waals surface area contributed by atoms with Crippen LogP contribution in [-0.2, 0) is 19.1 Å². The van der Waals surface area contributed by atoms with Gasteiger partial charge in [0.05, 0.1) is 19.3 Å². The van der Waals surface area contributed by atoms with Crippen molar-refractivity contribution in [2.45, 2.75) is 50.5 Å². The van der Waals surface area contributed by atoms with Gasteiger partial charge in [0.2, 0.25) is 11.8 Å². The van der Waals surface area contributed by atoms with E-state index in [-0.39, 0.29) is 37.7 Å². The van der Waals surface area contributed by atoms with Gasteiger partial charge in [-0.05, 0) is 31.6 Å². The van der Waals surface area contributed by atoms with Crippen LogP contribution < -0.4 is 0 Å². The number of nitriles is 1. The van der Waals surface area contributed by atoms with Crippen molar-refractivity contribution in [3.63, 3.8) is 0 Å². The zero-order valence-corrected chi connectivity index (χ0v) is 24.3. The van der Waals surface area contributed by atoms with Crippen molar-refractivity contribution >= 4 is 11.8 Å². The molecule has 0 N–H and O–H groups in total. The fourth-order valence-electron chi connectivity index (χ4n) is 6.97. The number of rotatable bonds is 7.